The first-order valence-corrected chi connectivity index (χ1v) is 7.85. The topological polar surface area (TPSA) is 72.2 Å². The molecule has 1 aromatic heterocycles. The van der Waals surface area contributed by atoms with Gasteiger partial charge in [0.05, 0.1) is 10.6 Å². The van der Waals surface area contributed by atoms with Gasteiger partial charge < -0.3 is 5.73 Å². The minimum absolute atomic E-state index is 0.0638. The second-order valence-corrected chi connectivity index (χ2v) is 6.72. The zero-order valence-electron chi connectivity index (χ0n) is 10.2. The molecule has 0 amide bonds. The summed E-state index contributed by atoms with van der Waals surface area (Å²) in [5.41, 5.74) is 6.09. The molecule has 1 heterocycles. The van der Waals surface area contributed by atoms with Gasteiger partial charge in [-0.05, 0) is 30.7 Å². The predicted molar refractivity (Wildman–Crippen MR) is 74.2 cm³/mol. The van der Waals surface area contributed by atoms with Crippen LogP contribution in [0.5, 0.6) is 0 Å². The molecule has 0 unspecified atom stereocenters. The Labute approximate surface area is 115 Å². The van der Waals surface area contributed by atoms with Crippen LogP contribution in [0, 0.1) is 12.7 Å². The van der Waals surface area contributed by atoms with Crippen molar-refractivity contribution in [2.45, 2.75) is 18.4 Å². The first kappa shape index (κ1) is 14.0. The molecular formula is C12H13FN2O2S2. The van der Waals surface area contributed by atoms with Gasteiger partial charge >= 0.3 is 0 Å². The fourth-order valence-corrected chi connectivity index (χ4v) is 3.74. The maximum Gasteiger partial charge on any atom is 0.262 e. The summed E-state index contributed by atoms with van der Waals surface area (Å²) in [7, 11) is -3.77. The van der Waals surface area contributed by atoms with Crippen molar-refractivity contribution in [3.63, 3.8) is 0 Å². The molecule has 1 aromatic carbocycles. The average molecular weight is 300 g/mol. The molecule has 0 fully saturated rings. The summed E-state index contributed by atoms with van der Waals surface area (Å²) < 4.78 is 40.0. The standard InChI is InChI=1S/C12H13FN2O2S2/c1-8-2-3-12(11(13)4-8)15-19(16,17)10-5-9(6-14)18-7-10/h2-5,7,15H,6,14H2,1H3. The van der Waals surface area contributed by atoms with E-state index in [0.717, 1.165) is 10.4 Å². The van der Waals surface area contributed by atoms with Gasteiger partial charge in [-0.1, -0.05) is 6.07 Å². The SMILES string of the molecule is Cc1ccc(NS(=O)(=O)c2csc(CN)c2)c(F)c1. The largest absolute Gasteiger partial charge is 0.326 e. The lowest BCUT2D eigenvalue weighted by molar-refractivity contribution is 0.598. The number of anilines is 1. The van der Waals surface area contributed by atoms with Crippen LogP contribution in [-0.4, -0.2) is 8.42 Å². The molecule has 2 rings (SSSR count). The number of sulfonamides is 1. The van der Waals surface area contributed by atoms with Crippen molar-refractivity contribution in [3.8, 4) is 0 Å². The summed E-state index contributed by atoms with van der Waals surface area (Å²) in [6, 6.07) is 5.80. The normalized spacial score (nSPS) is 11.5. The van der Waals surface area contributed by atoms with Gasteiger partial charge in [-0.15, -0.1) is 11.3 Å². The smallest absolute Gasteiger partial charge is 0.262 e. The molecule has 0 saturated carbocycles. The zero-order valence-corrected chi connectivity index (χ0v) is 11.8. The Morgan fingerprint density at radius 2 is 2.11 bits per heavy atom. The number of benzene rings is 1. The third kappa shape index (κ3) is 3.12. The van der Waals surface area contributed by atoms with Crippen LogP contribution in [0.1, 0.15) is 10.4 Å². The molecule has 4 nitrogen and oxygen atoms in total. The average Bonchev–Trinajstić information content (AvgIpc) is 2.82. The van der Waals surface area contributed by atoms with Gasteiger partial charge in [-0.3, -0.25) is 4.72 Å². The van der Waals surface area contributed by atoms with Crippen molar-refractivity contribution < 1.29 is 12.8 Å². The molecule has 19 heavy (non-hydrogen) atoms. The van der Waals surface area contributed by atoms with Crippen molar-refractivity contribution in [1.82, 2.24) is 0 Å². The number of rotatable bonds is 4. The first-order chi connectivity index (χ1) is 8.92. The van der Waals surface area contributed by atoms with Crippen molar-refractivity contribution in [3.05, 3.63) is 45.9 Å². The van der Waals surface area contributed by atoms with E-state index in [1.165, 1.54) is 34.9 Å². The third-order valence-electron chi connectivity index (χ3n) is 2.51. The summed E-state index contributed by atoms with van der Waals surface area (Å²) in [6.07, 6.45) is 0. The van der Waals surface area contributed by atoms with Crippen LogP contribution < -0.4 is 10.5 Å². The van der Waals surface area contributed by atoms with E-state index in [-0.39, 0.29) is 17.1 Å². The van der Waals surface area contributed by atoms with Crippen molar-refractivity contribution in [2.24, 2.45) is 5.73 Å². The zero-order chi connectivity index (χ0) is 14.0. The Morgan fingerprint density at radius 3 is 2.68 bits per heavy atom. The van der Waals surface area contributed by atoms with Gasteiger partial charge in [-0.2, -0.15) is 0 Å². The van der Waals surface area contributed by atoms with Crippen LogP contribution in [0.2, 0.25) is 0 Å². The molecule has 0 aliphatic carbocycles. The maximum absolute atomic E-state index is 13.6. The molecule has 7 heteroatoms. The van der Waals surface area contributed by atoms with Crippen LogP contribution in [0.15, 0.2) is 34.5 Å². The molecule has 0 aliphatic rings. The number of thiophene rings is 1. The van der Waals surface area contributed by atoms with E-state index >= 15 is 0 Å². The van der Waals surface area contributed by atoms with Crippen LogP contribution in [0.4, 0.5) is 10.1 Å². The Bertz CT molecular complexity index is 696. The van der Waals surface area contributed by atoms with Crippen LogP contribution >= 0.6 is 11.3 Å². The molecular weight excluding hydrogens is 287 g/mol. The molecule has 102 valence electrons. The quantitative estimate of drug-likeness (QED) is 0.911. The van der Waals surface area contributed by atoms with E-state index in [0.29, 0.717) is 0 Å². The Hall–Kier alpha value is -1.44. The Kier molecular flexibility index (Phi) is 3.88. The molecule has 2 aromatic rings. The van der Waals surface area contributed by atoms with E-state index in [2.05, 4.69) is 4.72 Å². The van der Waals surface area contributed by atoms with Gasteiger partial charge in [0.15, 0.2) is 0 Å². The van der Waals surface area contributed by atoms with Crippen molar-refractivity contribution in [1.29, 1.82) is 0 Å². The summed E-state index contributed by atoms with van der Waals surface area (Å²) in [5.74, 6) is -0.599. The van der Waals surface area contributed by atoms with Crippen LogP contribution in [0.3, 0.4) is 0 Å². The summed E-state index contributed by atoms with van der Waals surface area (Å²) in [4.78, 5) is 0.850. The van der Waals surface area contributed by atoms with E-state index in [4.69, 9.17) is 5.73 Å². The minimum atomic E-state index is -3.77. The van der Waals surface area contributed by atoms with E-state index in [1.54, 1.807) is 13.0 Å². The second-order valence-electron chi connectivity index (χ2n) is 4.04. The van der Waals surface area contributed by atoms with Gasteiger partial charge in [0, 0.05) is 16.8 Å². The first-order valence-electron chi connectivity index (χ1n) is 5.49. The summed E-state index contributed by atoms with van der Waals surface area (Å²) >= 11 is 1.26. The molecule has 0 spiro atoms. The Balaban J connectivity index is 2.30. The summed E-state index contributed by atoms with van der Waals surface area (Å²) in [6.45, 7) is 2.01. The molecule has 0 radical (unpaired) electrons. The van der Waals surface area contributed by atoms with Crippen LogP contribution in [-0.2, 0) is 16.6 Å². The molecule has 0 aliphatic heterocycles. The minimum Gasteiger partial charge on any atom is -0.326 e. The van der Waals surface area contributed by atoms with E-state index in [1.807, 2.05) is 0 Å². The number of hydrogen-bond acceptors (Lipinski definition) is 4. The number of nitrogens with one attached hydrogen (secondary N) is 1. The molecule has 0 atom stereocenters. The van der Waals surface area contributed by atoms with Crippen molar-refractivity contribution >= 4 is 27.0 Å². The highest BCUT2D eigenvalue weighted by Crippen LogP contribution is 2.23. The Morgan fingerprint density at radius 1 is 1.37 bits per heavy atom. The number of aryl methyl sites for hydroxylation is 1. The van der Waals surface area contributed by atoms with Crippen molar-refractivity contribution in [2.75, 3.05) is 4.72 Å². The highest BCUT2D eigenvalue weighted by Gasteiger charge is 2.17. The highest BCUT2D eigenvalue weighted by molar-refractivity contribution is 7.92. The number of nitrogens with two attached hydrogens (primary N) is 1. The van der Waals surface area contributed by atoms with Crippen LogP contribution in [0.25, 0.3) is 0 Å². The monoisotopic (exact) mass is 300 g/mol. The molecule has 0 bridgehead atoms. The maximum atomic E-state index is 13.6. The number of halogens is 1. The van der Waals surface area contributed by atoms with Gasteiger partial charge in [-0.25, -0.2) is 12.8 Å². The van der Waals surface area contributed by atoms with E-state index < -0.39 is 15.8 Å². The number of hydrogen-bond donors (Lipinski definition) is 2. The third-order valence-corrected chi connectivity index (χ3v) is 4.96. The molecule has 0 saturated heterocycles. The van der Waals surface area contributed by atoms with Gasteiger partial charge in [0.1, 0.15) is 5.82 Å². The van der Waals surface area contributed by atoms with Gasteiger partial charge in [0.2, 0.25) is 0 Å². The predicted octanol–water partition coefficient (Wildman–Crippen LogP) is 2.46. The lowest BCUT2D eigenvalue weighted by Crippen LogP contribution is -2.13. The van der Waals surface area contributed by atoms with E-state index in [9.17, 15) is 12.8 Å². The fourth-order valence-electron chi connectivity index (χ4n) is 1.52. The molecule has 3 N–H and O–H groups in total. The summed E-state index contributed by atoms with van der Waals surface area (Å²) in [5, 5.41) is 1.48. The lowest BCUT2D eigenvalue weighted by Gasteiger charge is -2.08. The highest BCUT2D eigenvalue weighted by atomic mass is 32.2. The van der Waals surface area contributed by atoms with Gasteiger partial charge in [0.25, 0.3) is 10.0 Å². The second kappa shape index (κ2) is 5.28. The lowest BCUT2D eigenvalue weighted by atomic mass is 10.2. The fraction of sp³-hybridized carbons (Fsp3) is 0.167.